The van der Waals surface area contributed by atoms with Gasteiger partial charge in [-0.05, 0) is 48.4 Å². The first-order valence-corrected chi connectivity index (χ1v) is 10.8. The van der Waals surface area contributed by atoms with E-state index in [1.807, 2.05) is 0 Å². The van der Waals surface area contributed by atoms with E-state index in [0.29, 0.717) is 23.8 Å². The van der Waals surface area contributed by atoms with Gasteiger partial charge in [0.05, 0.1) is 6.26 Å². The lowest BCUT2D eigenvalue weighted by molar-refractivity contribution is 0.208. The topological polar surface area (TPSA) is 75.7 Å². The van der Waals surface area contributed by atoms with Crippen LogP contribution in [0.5, 0.6) is 5.75 Å². The van der Waals surface area contributed by atoms with Crippen LogP contribution in [-0.2, 0) is 16.7 Å². The van der Waals surface area contributed by atoms with Crippen LogP contribution in [0.1, 0.15) is 25.3 Å². The fraction of sp³-hybridized carbons (Fsp3) is 0.316. The Morgan fingerprint density at radius 3 is 2.30 bits per heavy atom. The second-order valence-electron chi connectivity index (χ2n) is 6.14. The van der Waals surface area contributed by atoms with E-state index in [1.165, 1.54) is 0 Å². The maximum atomic E-state index is 12.6. The Labute approximate surface area is 165 Å². The third-order valence-electron chi connectivity index (χ3n) is 3.71. The maximum Gasteiger partial charge on any atom is 0.322 e. The van der Waals surface area contributed by atoms with E-state index in [1.54, 1.807) is 53.4 Å². The quantitative estimate of drug-likeness (QED) is 0.649. The summed E-state index contributed by atoms with van der Waals surface area (Å²) in [6, 6.07) is 13.4. The summed E-state index contributed by atoms with van der Waals surface area (Å²) in [6.07, 6.45) is 2.84. The molecule has 0 fully saturated rings. The number of nitrogens with one attached hydrogen (secondary N) is 1. The van der Waals surface area contributed by atoms with Gasteiger partial charge in [0.1, 0.15) is 5.75 Å². The Kier molecular flexibility index (Phi) is 7.50. The number of carbonyl (C=O) groups is 1. The Bertz CT molecular complexity index is 852. The molecule has 146 valence electrons. The molecular formula is C19H23ClN2O4S. The molecule has 0 aliphatic heterocycles. The average Bonchev–Trinajstić information content (AvgIpc) is 2.60. The van der Waals surface area contributed by atoms with Crippen LogP contribution in [0, 0.1) is 0 Å². The van der Waals surface area contributed by atoms with Crippen molar-refractivity contribution in [3.8, 4) is 5.75 Å². The SMILES string of the molecule is CCCCN(Cc1ccc(OS(C)(=O)=O)cc1)C(=O)Nc1ccc(Cl)cc1. The van der Waals surface area contributed by atoms with Crippen molar-refractivity contribution in [1.29, 1.82) is 0 Å². The van der Waals surface area contributed by atoms with Gasteiger partial charge in [-0.15, -0.1) is 0 Å². The molecule has 0 atom stereocenters. The molecule has 0 saturated heterocycles. The summed E-state index contributed by atoms with van der Waals surface area (Å²) in [5.41, 5.74) is 1.54. The summed E-state index contributed by atoms with van der Waals surface area (Å²) >= 11 is 5.87. The summed E-state index contributed by atoms with van der Waals surface area (Å²) < 4.78 is 27.2. The van der Waals surface area contributed by atoms with Crippen LogP contribution in [-0.4, -0.2) is 32.1 Å². The van der Waals surface area contributed by atoms with E-state index in [-0.39, 0.29) is 11.8 Å². The number of halogens is 1. The minimum atomic E-state index is -3.56. The van der Waals surface area contributed by atoms with Gasteiger partial charge in [0.2, 0.25) is 0 Å². The molecule has 0 aliphatic rings. The van der Waals surface area contributed by atoms with Crippen molar-refractivity contribution in [2.24, 2.45) is 0 Å². The molecule has 0 radical (unpaired) electrons. The molecule has 0 unspecified atom stereocenters. The van der Waals surface area contributed by atoms with E-state index >= 15 is 0 Å². The molecule has 6 nitrogen and oxygen atoms in total. The van der Waals surface area contributed by atoms with Gasteiger partial charge in [-0.3, -0.25) is 0 Å². The number of urea groups is 1. The van der Waals surface area contributed by atoms with Crippen LogP contribution >= 0.6 is 11.6 Å². The molecule has 2 amide bonds. The molecule has 0 bridgehead atoms. The molecule has 8 heteroatoms. The molecular weight excluding hydrogens is 388 g/mol. The number of unbranched alkanes of at least 4 members (excludes halogenated alkanes) is 1. The van der Waals surface area contributed by atoms with Crippen LogP contribution in [0.3, 0.4) is 0 Å². The largest absolute Gasteiger partial charge is 0.383 e. The Morgan fingerprint density at radius 2 is 1.74 bits per heavy atom. The lowest BCUT2D eigenvalue weighted by atomic mass is 10.2. The molecule has 0 saturated carbocycles. The zero-order chi connectivity index (χ0) is 19.9. The van der Waals surface area contributed by atoms with Gasteiger partial charge in [0.15, 0.2) is 0 Å². The summed E-state index contributed by atoms with van der Waals surface area (Å²) in [4.78, 5) is 14.4. The van der Waals surface area contributed by atoms with Crippen LogP contribution in [0.4, 0.5) is 10.5 Å². The number of rotatable bonds is 8. The lowest BCUT2D eigenvalue weighted by Crippen LogP contribution is -2.35. The van der Waals surface area contributed by atoms with Crippen LogP contribution < -0.4 is 9.50 Å². The Hall–Kier alpha value is -2.25. The van der Waals surface area contributed by atoms with Gasteiger partial charge >= 0.3 is 16.1 Å². The number of hydrogen-bond donors (Lipinski definition) is 1. The van der Waals surface area contributed by atoms with E-state index in [0.717, 1.165) is 24.7 Å². The van der Waals surface area contributed by atoms with Crippen molar-refractivity contribution < 1.29 is 17.4 Å². The molecule has 0 heterocycles. The minimum absolute atomic E-state index is 0.206. The molecule has 2 aromatic rings. The number of nitrogens with zero attached hydrogens (tertiary/aromatic N) is 1. The second-order valence-corrected chi connectivity index (χ2v) is 8.15. The lowest BCUT2D eigenvalue weighted by Gasteiger charge is -2.23. The Morgan fingerprint density at radius 1 is 1.11 bits per heavy atom. The highest BCUT2D eigenvalue weighted by atomic mass is 35.5. The van der Waals surface area contributed by atoms with Crippen molar-refractivity contribution in [2.75, 3.05) is 18.1 Å². The first-order chi connectivity index (χ1) is 12.8. The normalized spacial score (nSPS) is 11.1. The predicted octanol–water partition coefficient (Wildman–Crippen LogP) is 4.51. The fourth-order valence-corrected chi connectivity index (χ4v) is 2.97. The van der Waals surface area contributed by atoms with Gasteiger partial charge in [0.25, 0.3) is 0 Å². The number of anilines is 1. The summed E-state index contributed by atoms with van der Waals surface area (Å²) in [5, 5.41) is 3.47. The zero-order valence-electron chi connectivity index (χ0n) is 15.3. The minimum Gasteiger partial charge on any atom is -0.383 e. The molecule has 27 heavy (non-hydrogen) atoms. The molecule has 0 aromatic heterocycles. The number of carbonyl (C=O) groups excluding carboxylic acids is 1. The van der Waals surface area contributed by atoms with Gasteiger partial charge in [-0.1, -0.05) is 37.1 Å². The highest BCUT2D eigenvalue weighted by molar-refractivity contribution is 7.86. The van der Waals surface area contributed by atoms with E-state index < -0.39 is 10.1 Å². The van der Waals surface area contributed by atoms with Crippen molar-refractivity contribution in [2.45, 2.75) is 26.3 Å². The predicted molar refractivity (Wildman–Crippen MR) is 108 cm³/mol. The standard InChI is InChI=1S/C19H23ClN2O4S/c1-3-4-13-22(19(23)21-17-9-7-16(20)8-10-17)14-15-5-11-18(12-6-15)26-27(2,24)25/h5-12H,3-4,13-14H2,1-2H3,(H,21,23). The van der Waals surface area contributed by atoms with E-state index in [2.05, 4.69) is 12.2 Å². The van der Waals surface area contributed by atoms with Gasteiger partial charge < -0.3 is 14.4 Å². The van der Waals surface area contributed by atoms with E-state index in [9.17, 15) is 13.2 Å². The summed E-state index contributed by atoms with van der Waals surface area (Å²) in [6.45, 7) is 3.07. The summed E-state index contributed by atoms with van der Waals surface area (Å²) in [7, 11) is -3.56. The third-order valence-corrected chi connectivity index (χ3v) is 4.46. The smallest absolute Gasteiger partial charge is 0.322 e. The van der Waals surface area contributed by atoms with Gasteiger partial charge in [-0.2, -0.15) is 8.42 Å². The average molecular weight is 411 g/mol. The zero-order valence-corrected chi connectivity index (χ0v) is 16.9. The highest BCUT2D eigenvalue weighted by Crippen LogP contribution is 2.17. The highest BCUT2D eigenvalue weighted by Gasteiger charge is 2.14. The summed E-state index contributed by atoms with van der Waals surface area (Å²) in [5.74, 6) is 0.243. The van der Waals surface area contributed by atoms with Crippen molar-refractivity contribution >= 4 is 33.4 Å². The number of amides is 2. The van der Waals surface area contributed by atoms with Crippen LogP contribution in [0.2, 0.25) is 5.02 Å². The molecule has 0 spiro atoms. The monoisotopic (exact) mass is 410 g/mol. The Balaban J connectivity index is 2.06. The van der Waals surface area contributed by atoms with E-state index in [4.69, 9.17) is 15.8 Å². The van der Waals surface area contributed by atoms with Crippen molar-refractivity contribution in [3.05, 3.63) is 59.1 Å². The van der Waals surface area contributed by atoms with Crippen LogP contribution in [0.15, 0.2) is 48.5 Å². The molecule has 0 aliphatic carbocycles. The third kappa shape index (κ3) is 7.48. The first kappa shape index (κ1) is 21.1. The first-order valence-electron chi connectivity index (χ1n) is 8.56. The second kappa shape index (κ2) is 9.62. The molecule has 1 N–H and O–H groups in total. The van der Waals surface area contributed by atoms with Crippen molar-refractivity contribution in [1.82, 2.24) is 4.90 Å². The van der Waals surface area contributed by atoms with Gasteiger partial charge in [-0.25, -0.2) is 4.79 Å². The maximum absolute atomic E-state index is 12.6. The van der Waals surface area contributed by atoms with Crippen molar-refractivity contribution in [3.63, 3.8) is 0 Å². The molecule has 2 aromatic carbocycles. The number of benzene rings is 2. The molecule has 2 rings (SSSR count). The number of hydrogen-bond acceptors (Lipinski definition) is 4. The van der Waals surface area contributed by atoms with Gasteiger partial charge in [0, 0.05) is 23.8 Å². The fourth-order valence-electron chi connectivity index (χ4n) is 2.38. The van der Waals surface area contributed by atoms with Crippen LogP contribution in [0.25, 0.3) is 0 Å².